The summed E-state index contributed by atoms with van der Waals surface area (Å²) in [5.74, 6) is 1.99. The van der Waals surface area contributed by atoms with Gasteiger partial charge in [0.25, 0.3) is 0 Å². The van der Waals surface area contributed by atoms with Crippen molar-refractivity contribution >= 4 is 84.8 Å². The first kappa shape index (κ1) is 32.3. The lowest BCUT2D eigenvalue weighted by Gasteiger charge is -2.10. The van der Waals surface area contributed by atoms with E-state index in [2.05, 4.69) is 150 Å². The van der Waals surface area contributed by atoms with Crippen LogP contribution in [0.1, 0.15) is 0 Å². The SMILES string of the molecule is c1ccc(-c2nc(-c3ccccc3)nc(-c3cccc4c3sc3cccc(-c5ccc6c(c5)c5c7sc8ccccc8c7ccc5n6-c5ccccc5)c34)n2)cc1. The average molecular weight is 763 g/mol. The quantitative estimate of drug-likeness (QED) is 0.175. The highest BCUT2D eigenvalue weighted by atomic mass is 32.1. The number of fused-ring (bicyclic) bond motifs is 10. The van der Waals surface area contributed by atoms with Gasteiger partial charge in [-0.15, -0.1) is 22.7 Å². The Kier molecular flexibility index (Phi) is 7.24. The van der Waals surface area contributed by atoms with Crippen LogP contribution in [0, 0.1) is 0 Å². The fraction of sp³-hybridized carbons (Fsp3) is 0. The van der Waals surface area contributed by atoms with Crippen LogP contribution in [-0.2, 0) is 0 Å². The van der Waals surface area contributed by atoms with E-state index >= 15 is 0 Å². The zero-order chi connectivity index (χ0) is 37.5. The van der Waals surface area contributed by atoms with Crippen molar-refractivity contribution in [2.24, 2.45) is 0 Å². The maximum Gasteiger partial charge on any atom is 0.165 e. The molecule has 0 aliphatic rings. The van der Waals surface area contributed by atoms with Crippen LogP contribution in [0.3, 0.4) is 0 Å². The summed E-state index contributed by atoms with van der Waals surface area (Å²) in [7, 11) is 0. The number of thiophene rings is 2. The van der Waals surface area contributed by atoms with E-state index in [0.717, 1.165) is 27.1 Å². The summed E-state index contributed by atoms with van der Waals surface area (Å²) in [5, 5.41) is 7.63. The summed E-state index contributed by atoms with van der Waals surface area (Å²) in [6, 6.07) is 64.8. The second-order valence-corrected chi connectivity index (χ2v) is 16.4. The number of rotatable bonds is 5. The van der Waals surface area contributed by atoms with Crippen LogP contribution in [0.25, 0.3) is 113 Å². The molecule has 266 valence electrons. The molecule has 6 heteroatoms. The molecule has 0 aliphatic carbocycles. The van der Waals surface area contributed by atoms with Crippen molar-refractivity contribution in [3.05, 3.63) is 182 Å². The molecule has 0 saturated carbocycles. The van der Waals surface area contributed by atoms with E-state index in [1.165, 1.54) is 68.6 Å². The van der Waals surface area contributed by atoms with Crippen LogP contribution in [0.15, 0.2) is 182 Å². The minimum Gasteiger partial charge on any atom is -0.309 e. The van der Waals surface area contributed by atoms with Gasteiger partial charge in [-0.3, -0.25) is 0 Å². The third kappa shape index (κ3) is 5.08. The first-order chi connectivity index (χ1) is 28.3. The van der Waals surface area contributed by atoms with Gasteiger partial charge in [-0.1, -0.05) is 133 Å². The molecule has 0 amide bonds. The fourth-order valence-corrected chi connectivity index (χ4v) is 11.0. The third-order valence-corrected chi connectivity index (χ3v) is 13.5. The predicted molar refractivity (Wildman–Crippen MR) is 242 cm³/mol. The first-order valence-corrected chi connectivity index (χ1v) is 20.7. The summed E-state index contributed by atoms with van der Waals surface area (Å²) >= 11 is 3.70. The molecule has 0 spiro atoms. The summed E-state index contributed by atoms with van der Waals surface area (Å²) in [4.78, 5) is 15.2. The van der Waals surface area contributed by atoms with Gasteiger partial charge >= 0.3 is 0 Å². The van der Waals surface area contributed by atoms with Crippen LogP contribution in [0.2, 0.25) is 0 Å². The lowest BCUT2D eigenvalue weighted by atomic mass is 9.97. The molecule has 12 rings (SSSR count). The van der Waals surface area contributed by atoms with Gasteiger partial charge < -0.3 is 4.57 Å². The minimum absolute atomic E-state index is 0.661. The van der Waals surface area contributed by atoms with Crippen molar-refractivity contribution in [1.82, 2.24) is 19.5 Å². The average Bonchev–Trinajstić information content (AvgIpc) is 3.96. The highest BCUT2D eigenvalue weighted by Crippen LogP contribution is 2.47. The molecule has 8 aromatic carbocycles. The van der Waals surface area contributed by atoms with Crippen molar-refractivity contribution in [3.8, 4) is 51.0 Å². The van der Waals surface area contributed by atoms with Gasteiger partial charge in [0, 0.05) is 73.5 Å². The van der Waals surface area contributed by atoms with Crippen molar-refractivity contribution in [1.29, 1.82) is 0 Å². The van der Waals surface area contributed by atoms with Crippen LogP contribution < -0.4 is 0 Å². The Morgan fingerprint density at radius 3 is 1.72 bits per heavy atom. The zero-order valence-corrected chi connectivity index (χ0v) is 32.1. The molecule has 4 heterocycles. The maximum absolute atomic E-state index is 5.11. The minimum atomic E-state index is 0.661. The normalized spacial score (nSPS) is 11.9. The Hall–Kier alpha value is -6.99. The van der Waals surface area contributed by atoms with Gasteiger partial charge in [0.1, 0.15) is 0 Å². The number of para-hydroxylation sites is 1. The Bertz CT molecular complexity index is 3450. The van der Waals surface area contributed by atoms with E-state index in [1.807, 2.05) is 47.7 Å². The molecule has 12 aromatic rings. The Morgan fingerprint density at radius 1 is 0.351 bits per heavy atom. The van der Waals surface area contributed by atoms with Crippen molar-refractivity contribution in [3.63, 3.8) is 0 Å². The van der Waals surface area contributed by atoms with Gasteiger partial charge in [-0.25, -0.2) is 15.0 Å². The van der Waals surface area contributed by atoms with E-state index in [-0.39, 0.29) is 0 Å². The molecule has 4 nitrogen and oxygen atoms in total. The van der Waals surface area contributed by atoms with E-state index < -0.39 is 0 Å². The second-order valence-electron chi connectivity index (χ2n) is 14.3. The Balaban J connectivity index is 1.09. The molecule has 0 aliphatic heterocycles. The smallest absolute Gasteiger partial charge is 0.165 e. The maximum atomic E-state index is 5.11. The van der Waals surface area contributed by atoms with Gasteiger partial charge in [0.05, 0.1) is 11.0 Å². The molecule has 0 fully saturated rings. The van der Waals surface area contributed by atoms with Gasteiger partial charge in [0.15, 0.2) is 17.5 Å². The molecular formula is C51H30N4S2. The van der Waals surface area contributed by atoms with E-state index in [4.69, 9.17) is 15.0 Å². The van der Waals surface area contributed by atoms with E-state index in [9.17, 15) is 0 Å². The third-order valence-electron chi connectivity index (χ3n) is 11.1. The first-order valence-electron chi connectivity index (χ1n) is 19.0. The van der Waals surface area contributed by atoms with Gasteiger partial charge in [0.2, 0.25) is 0 Å². The molecule has 0 unspecified atom stereocenters. The molecular weight excluding hydrogens is 733 g/mol. The Morgan fingerprint density at radius 2 is 0.947 bits per heavy atom. The summed E-state index contributed by atoms with van der Waals surface area (Å²) < 4.78 is 7.46. The summed E-state index contributed by atoms with van der Waals surface area (Å²) in [6.07, 6.45) is 0. The largest absolute Gasteiger partial charge is 0.309 e. The Labute approximate surface area is 335 Å². The highest BCUT2D eigenvalue weighted by molar-refractivity contribution is 7.27. The number of aromatic nitrogens is 4. The lowest BCUT2D eigenvalue weighted by Crippen LogP contribution is -2.00. The highest BCUT2D eigenvalue weighted by Gasteiger charge is 2.21. The number of nitrogens with zero attached hydrogens (tertiary/aromatic N) is 4. The number of hydrogen-bond donors (Lipinski definition) is 0. The van der Waals surface area contributed by atoms with Gasteiger partial charge in [-0.2, -0.15) is 0 Å². The molecule has 0 N–H and O–H groups in total. The lowest BCUT2D eigenvalue weighted by molar-refractivity contribution is 1.08. The van der Waals surface area contributed by atoms with Crippen LogP contribution >= 0.6 is 22.7 Å². The fourth-order valence-electron chi connectivity index (χ4n) is 8.50. The van der Waals surface area contributed by atoms with Crippen LogP contribution in [0.5, 0.6) is 0 Å². The van der Waals surface area contributed by atoms with Crippen LogP contribution in [-0.4, -0.2) is 19.5 Å². The molecule has 0 atom stereocenters. The molecule has 0 radical (unpaired) electrons. The van der Waals surface area contributed by atoms with Crippen molar-refractivity contribution in [2.45, 2.75) is 0 Å². The topological polar surface area (TPSA) is 43.6 Å². The monoisotopic (exact) mass is 762 g/mol. The van der Waals surface area contributed by atoms with Crippen molar-refractivity contribution < 1.29 is 0 Å². The molecule has 4 aromatic heterocycles. The van der Waals surface area contributed by atoms with Gasteiger partial charge in [-0.05, 0) is 59.7 Å². The molecule has 0 bridgehead atoms. The second kappa shape index (κ2) is 12.8. The molecule has 0 saturated heterocycles. The summed E-state index contributed by atoms with van der Waals surface area (Å²) in [6.45, 7) is 0. The zero-order valence-electron chi connectivity index (χ0n) is 30.4. The molecule has 57 heavy (non-hydrogen) atoms. The summed E-state index contributed by atoms with van der Waals surface area (Å²) in [5.41, 5.74) is 8.92. The number of hydrogen-bond acceptors (Lipinski definition) is 5. The van der Waals surface area contributed by atoms with Crippen LogP contribution in [0.4, 0.5) is 0 Å². The number of benzene rings is 8. The van der Waals surface area contributed by atoms with Crippen molar-refractivity contribution in [2.75, 3.05) is 0 Å². The van der Waals surface area contributed by atoms with E-state index in [1.54, 1.807) is 11.3 Å². The predicted octanol–water partition coefficient (Wildman–Crippen LogP) is 14.4. The van der Waals surface area contributed by atoms with E-state index in [0.29, 0.717) is 17.5 Å². The standard InChI is InChI=1S/C51H30N4S2/c1-4-14-31(15-5-1)49-52-50(32-16-6-2-7-17-32)54-51(53-49)39-23-12-22-38-45-35(21-13-25-44(45)57-47(38)39)33-26-28-41-40(30-33)46-42(55(41)34-18-8-3-9-19-34)29-27-37-36-20-10-11-24-43(36)56-48(37)46/h1-30H.